The Bertz CT molecular complexity index is 2030. The zero-order valence-electron chi connectivity index (χ0n) is 29.4. The molecule has 1 aliphatic carbocycles. The molecular formula is C44H50N3+. The van der Waals surface area contributed by atoms with Gasteiger partial charge in [0.2, 0.25) is 5.69 Å². The molecule has 240 valence electrons. The highest BCUT2D eigenvalue weighted by molar-refractivity contribution is 6.07. The minimum absolute atomic E-state index is 0.0664. The van der Waals surface area contributed by atoms with Gasteiger partial charge < -0.3 is 9.80 Å². The van der Waals surface area contributed by atoms with Crippen LogP contribution in [-0.2, 0) is 10.8 Å². The maximum Gasteiger partial charge on any atom is 0.210 e. The molecule has 0 unspecified atom stereocenters. The average molecular weight is 621 g/mol. The molecule has 0 atom stereocenters. The Morgan fingerprint density at radius 2 is 1.45 bits per heavy atom. The molecule has 0 amide bonds. The minimum atomic E-state index is -0.0824. The standard InChI is InChI=1S/C44H50N3/c1-43(2)39(46(7)37-24-22-33-16-8-10-18-35(33)41(37)43)26-20-31-14-12-15-32(30-31)21-27-40-44(3,4)42-36-19-11-9-17-34(36)23-25-38(42)47(40)29-13-28-45(5)6/h8-11,16-27,30H,12-15,28-29H2,1-7H3/q+1. The van der Waals surface area contributed by atoms with E-state index < -0.39 is 0 Å². The number of benzene rings is 4. The molecule has 3 nitrogen and oxygen atoms in total. The molecule has 0 fully saturated rings. The molecular weight excluding hydrogens is 571 g/mol. The van der Waals surface area contributed by atoms with E-state index in [2.05, 4.69) is 166 Å². The fourth-order valence-corrected chi connectivity index (χ4v) is 8.53. The monoisotopic (exact) mass is 620 g/mol. The van der Waals surface area contributed by atoms with Crippen molar-refractivity contribution in [1.29, 1.82) is 0 Å². The highest BCUT2D eigenvalue weighted by Gasteiger charge is 2.44. The van der Waals surface area contributed by atoms with Gasteiger partial charge in [0.05, 0.1) is 5.41 Å². The van der Waals surface area contributed by atoms with Gasteiger partial charge in [0.15, 0.2) is 5.71 Å². The van der Waals surface area contributed by atoms with E-state index in [1.807, 2.05) is 0 Å². The largest absolute Gasteiger partial charge is 0.344 e. The summed E-state index contributed by atoms with van der Waals surface area (Å²) in [6, 6.07) is 26.9. The van der Waals surface area contributed by atoms with Crippen molar-refractivity contribution < 1.29 is 4.58 Å². The van der Waals surface area contributed by atoms with Gasteiger partial charge in [0.25, 0.3) is 0 Å². The summed E-state index contributed by atoms with van der Waals surface area (Å²) in [5.41, 5.74) is 11.0. The van der Waals surface area contributed by atoms with E-state index in [1.54, 1.807) is 0 Å². The van der Waals surface area contributed by atoms with Crippen molar-refractivity contribution in [3.63, 3.8) is 0 Å². The van der Waals surface area contributed by atoms with Crippen LogP contribution >= 0.6 is 0 Å². The lowest BCUT2D eigenvalue weighted by Gasteiger charge is -2.27. The Morgan fingerprint density at radius 3 is 2.17 bits per heavy atom. The van der Waals surface area contributed by atoms with Crippen LogP contribution in [0.1, 0.15) is 64.5 Å². The maximum atomic E-state index is 2.60. The van der Waals surface area contributed by atoms with E-state index in [0.29, 0.717) is 0 Å². The molecule has 0 bridgehead atoms. The van der Waals surface area contributed by atoms with Gasteiger partial charge >= 0.3 is 0 Å². The SMILES string of the molecule is CN(C)CCCN1/C(=C/C=C2C=C(/C=C/C3=[N+](C)c4ccc5ccccc5c4C3(C)C)CCC/2)C(C)(C)c2c1ccc1ccccc21. The van der Waals surface area contributed by atoms with Gasteiger partial charge in [-0.05, 0) is 117 Å². The molecule has 0 saturated carbocycles. The van der Waals surface area contributed by atoms with Crippen LogP contribution in [0, 0.1) is 0 Å². The summed E-state index contributed by atoms with van der Waals surface area (Å²) in [5, 5.41) is 5.38. The molecule has 47 heavy (non-hydrogen) atoms. The van der Waals surface area contributed by atoms with Gasteiger partial charge in [-0.25, -0.2) is 0 Å². The summed E-state index contributed by atoms with van der Waals surface area (Å²) in [6.45, 7) is 11.7. The van der Waals surface area contributed by atoms with Gasteiger partial charge in [-0.2, -0.15) is 4.58 Å². The zero-order valence-corrected chi connectivity index (χ0v) is 29.4. The van der Waals surface area contributed by atoms with Crippen molar-refractivity contribution in [1.82, 2.24) is 4.90 Å². The van der Waals surface area contributed by atoms with E-state index in [-0.39, 0.29) is 10.8 Å². The van der Waals surface area contributed by atoms with Crippen LogP contribution in [0.5, 0.6) is 0 Å². The second kappa shape index (κ2) is 12.1. The Kier molecular flexibility index (Phi) is 8.09. The van der Waals surface area contributed by atoms with Crippen LogP contribution < -0.4 is 4.90 Å². The van der Waals surface area contributed by atoms with Gasteiger partial charge in [-0.1, -0.05) is 86.7 Å². The third-order valence-electron chi connectivity index (χ3n) is 10.8. The molecule has 3 heteroatoms. The smallest absolute Gasteiger partial charge is 0.210 e. The van der Waals surface area contributed by atoms with Crippen LogP contribution in [-0.4, -0.2) is 49.4 Å². The van der Waals surface area contributed by atoms with E-state index in [1.165, 1.54) is 73.0 Å². The molecule has 0 saturated heterocycles. The predicted molar refractivity (Wildman–Crippen MR) is 203 cm³/mol. The summed E-state index contributed by atoms with van der Waals surface area (Å²) in [6.07, 6.45) is 16.6. The number of anilines is 1. The number of rotatable bonds is 7. The molecule has 2 heterocycles. The van der Waals surface area contributed by atoms with Crippen molar-refractivity contribution in [2.24, 2.45) is 0 Å². The summed E-state index contributed by atoms with van der Waals surface area (Å²) in [5.74, 6) is 0. The Morgan fingerprint density at radius 1 is 0.766 bits per heavy atom. The maximum absolute atomic E-state index is 2.60. The first-order valence-corrected chi connectivity index (χ1v) is 17.5. The number of allylic oxidation sites excluding steroid dienone is 8. The van der Waals surface area contributed by atoms with E-state index in [4.69, 9.17) is 0 Å². The van der Waals surface area contributed by atoms with Crippen molar-refractivity contribution in [3.8, 4) is 0 Å². The number of fused-ring (bicyclic) bond motifs is 6. The first kappa shape index (κ1) is 31.4. The lowest BCUT2D eigenvalue weighted by atomic mass is 9.79. The number of nitrogens with zero attached hydrogens (tertiary/aromatic N) is 3. The molecule has 2 aliphatic heterocycles. The van der Waals surface area contributed by atoms with Crippen LogP contribution in [0.2, 0.25) is 0 Å². The van der Waals surface area contributed by atoms with Gasteiger partial charge in [-0.15, -0.1) is 0 Å². The summed E-state index contributed by atoms with van der Waals surface area (Å²) < 4.78 is 2.40. The molecule has 3 aliphatic rings. The molecule has 0 radical (unpaired) electrons. The minimum Gasteiger partial charge on any atom is -0.344 e. The first-order valence-electron chi connectivity index (χ1n) is 17.5. The first-order chi connectivity index (χ1) is 22.6. The normalized spacial score (nSPS) is 20.3. The summed E-state index contributed by atoms with van der Waals surface area (Å²) >= 11 is 0. The van der Waals surface area contributed by atoms with Crippen molar-refractivity contribution in [2.75, 3.05) is 39.1 Å². The molecule has 0 aromatic heterocycles. The topological polar surface area (TPSA) is 9.49 Å². The van der Waals surface area contributed by atoms with E-state index >= 15 is 0 Å². The van der Waals surface area contributed by atoms with Gasteiger partial charge in [-0.3, -0.25) is 0 Å². The fraction of sp³-hybridized carbons (Fsp3) is 0.341. The van der Waals surface area contributed by atoms with E-state index in [9.17, 15) is 0 Å². The lowest BCUT2D eigenvalue weighted by Crippen LogP contribution is -2.28. The predicted octanol–water partition coefficient (Wildman–Crippen LogP) is 10.2. The van der Waals surface area contributed by atoms with Crippen LogP contribution in [0.3, 0.4) is 0 Å². The third kappa shape index (κ3) is 5.49. The quantitative estimate of drug-likeness (QED) is 0.190. The van der Waals surface area contributed by atoms with Crippen molar-refractivity contribution >= 4 is 38.6 Å². The molecule has 0 N–H and O–H groups in total. The molecule has 0 spiro atoms. The molecule has 7 rings (SSSR count). The highest BCUT2D eigenvalue weighted by Crippen LogP contribution is 2.51. The second-order valence-electron chi connectivity index (χ2n) is 15.1. The van der Waals surface area contributed by atoms with Crippen molar-refractivity contribution in [3.05, 3.63) is 131 Å². The van der Waals surface area contributed by atoms with E-state index in [0.717, 1.165) is 32.4 Å². The van der Waals surface area contributed by atoms with Gasteiger partial charge in [0, 0.05) is 41.1 Å². The third-order valence-corrected chi connectivity index (χ3v) is 10.8. The molecule has 4 aromatic carbocycles. The average Bonchev–Trinajstić information content (AvgIpc) is 3.40. The lowest BCUT2D eigenvalue weighted by molar-refractivity contribution is -0.401. The highest BCUT2D eigenvalue weighted by atomic mass is 15.2. The Balaban J connectivity index is 1.20. The van der Waals surface area contributed by atoms with Crippen molar-refractivity contribution in [2.45, 2.75) is 64.2 Å². The van der Waals surface area contributed by atoms with Crippen LogP contribution in [0.15, 0.2) is 120 Å². The van der Waals surface area contributed by atoms with Crippen LogP contribution in [0.4, 0.5) is 11.4 Å². The second-order valence-corrected chi connectivity index (χ2v) is 15.1. The zero-order chi connectivity index (χ0) is 32.9. The van der Waals surface area contributed by atoms with Crippen LogP contribution in [0.25, 0.3) is 21.5 Å². The number of hydrogen-bond acceptors (Lipinski definition) is 2. The van der Waals surface area contributed by atoms with Gasteiger partial charge in [0.1, 0.15) is 7.05 Å². The summed E-state index contributed by atoms with van der Waals surface area (Å²) in [4.78, 5) is 4.89. The Labute approximate surface area is 281 Å². The Hall–Kier alpha value is -4.21. The summed E-state index contributed by atoms with van der Waals surface area (Å²) in [7, 11) is 6.57. The fourth-order valence-electron chi connectivity index (χ4n) is 8.53. The number of hydrogen-bond donors (Lipinski definition) is 0. The molecule has 4 aromatic rings.